The Morgan fingerprint density at radius 3 is 2.68 bits per heavy atom. The molecule has 0 atom stereocenters. The maximum atomic E-state index is 6.16. The van der Waals surface area contributed by atoms with Crippen LogP contribution in [0.15, 0.2) is 46.9 Å². The molecule has 3 N–H and O–H groups in total. The number of H-pyrrole nitrogens is 1. The van der Waals surface area contributed by atoms with Gasteiger partial charge in [0.2, 0.25) is 0 Å². The van der Waals surface area contributed by atoms with E-state index in [4.69, 9.17) is 17.3 Å². The monoisotopic (exact) mass is 376 g/mol. The maximum absolute atomic E-state index is 6.16. The van der Waals surface area contributed by atoms with Gasteiger partial charge in [0.15, 0.2) is 0 Å². The van der Waals surface area contributed by atoms with Crippen molar-refractivity contribution in [2.24, 2.45) is 5.73 Å². The molecule has 4 heteroatoms. The van der Waals surface area contributed by atoms with Crippen LogP contribution in [0.5, 0.6) is 0 Å². The summed E-state index contributed by atoms with van der Waals surface area (Å²) in [5.41, 5.74) is 10.4. The molecule has 22 heavy (non-hydrogen) atoms. The molecule has 1 aromatic heterocycles. The molecule has 1 heterocycles. The Morgan fingerprint density at radius 1 is 1.09 bits per heavy atom. The van der Waals surface area contributed by atoms with Gasteiger partial charge in [0, 0.05) is 20.6 Å². The third-order valence-corrected chi connectivity index (χ3v) is 4.78. The van der Waals surface area contributed by atoms with Crippen molar-refractivity contribution in [2.45, 2.75) is 19.3 Å². The summed E-state index contributed by atoms with van der Waals surface area (Å²) < 4.78 is 1.08. The molecule has 0 aliphatic carbocycles. The normalized spacial score (nSPS) is 11.2. The predicted octanol–water partition coefficient (Wildman–Crippen LogP) is 5.53. The summed E-state index contributed by atoms with van der Waals surface area (Å²) in [6.07, 6.45) is 3.13. The zero-order valence-corrected chi connectivity index (χ0v) is 14.5. The van der Waals surface area contributed by atoms with Gasteiger partial charge in [0.1, 0.15) is 0 Å². The minimum absolute atomic E-state index is 0.735. The van der Waals surface area contributed by atoms with Crippen LogP contribution in [-0.2, 0) is 6.42 Å². The lowest BCUT2D eigenvalue weighted by Crippen LogP contribution is -1.99. The van der Waals surface area contributed by atoms with Gasteiger partial charge in [0.25, 0.3) is 0 Å². The molecule has 0 saturated heterocycles. The van der Waals surface area contributed by atoms with Crippen molar-refractivity contribution >= 4 is 38.4 Å². The Hall–Kier alpha value is -1.29. The van der Waals surface area contributed by atoms with E-state index in [-0.39, 0.29) is 0 Å². The lowest BCUT2D eigenvalue weighted by Gasteiger charge is -2.05. The number of aromatic nitrogens is 1. The summed E-state index contributed by atoms with van der Waals surface area (Å²) in [4.78, 5) is 3.57. The van der Waals surface area contributed by atoms with Crippen LogP contribution in [-0.4, -0.2) is 11.5 Å². The van der Waals surface area contributed by atoms with Gasteiger partial charge in [-0.25, -0.2) is 0 Å². The minimum Gasteiger partial charge on any atom is -0.353 e. The topological polar surface area (TPSA) is 41.8 Å². The Balaban J connectivity index is 2.15. The Bertz CT molecular complexity index is 795. The lowest BCUT2D eigenvalue weighted by molar-refractivity contribution is 0.748. The summed E-state index contributed by atoms with van der Waals surface area (Å²) in [6, 6.07) is 14.3. The average Bonchev–Trinajstić information content (AvgIpc) is 2.88. The van der Waals surface area contributed by atoms with Crippen molar-refractivity contribution in [1.82, 2.24) is 4.98 Å². The molecule has 0 saturated carbocycles. The molecule has 0 fully saturated rings. The molecule has 0 amide bonds. The molecule has 3 rings (SSSR count). The van der Waals surface area contributed by atoms with Crippen molar-refractivity contribution in [3.63, 3.8) is 0 Å². The fourth-order valence-electron chi connectivity index (χ4n) is 2.83. The number of unbranched alkanes of at least 4 members (excludes halogenated alkanes) is 1. The van der Waals surface area contributed by atoms with Crippen LogP contribution in [0.25, 0.3) is 22.2 Å². The highest BCUT2D eigenvalue weighted by Gasteiger charge is 2.14. The first kappa shape index (κ1) is 15.6. The van der Waals surface area contributed by atoms with Crippen LogP contribution in [0.3, 0.4) is 0 Å². The number of hydrogen-bond acceptors (Lipinski definition) is 1. The number of rotatable bonds is 5. The van der Waals surface area contributed by atoms with E-state index >= 15 is 0 Å². The first-order chi connectivity index (χ1) is 10.7. The maximum Gasteiger partial charge on any atom is 0.0606 e. The van der Waals surface area contributed by atoms with Crippen molar-refractivity contribution < 1.29 is 0 Å². The molecule has 0 aliphatic rings. The van der Waals surface area contributed by atoms with Gasteiger partial charge in [-0.1, -0.05) is 35.9 Å². The van der Waals surface area contributed by atoms with Crippen molar-refractivity contribution in [1.29, 1.82) is 0 Å². The van der Waals surface area contributed by atoms with Crippen molar-refractivity contribution in [3.05, 3.63) is 57.5 Å². The van der Waals surface area contributed by atoms with Gasteiger partial charge in [-0.3, -0.25) is 0 Å². The number of aromatic amines is 1. The summed E-state index contributed by atoms with van der Waals surface area (Å²) >= 11 is 9.80. The van der Waals surface area contributed by atoms with Gasteiger partial charge >= 0.3 is 0 Å². The SMILES string of the molecule is NCCCCc1c(-c2cccc(Cl)c2)[nH]c2c(Br)cccc12. The van der Waals surface area contributed by atoms with Gasteiger partial charge in [0.05, 0.1) is 5.52 Å². The van der Waals surface area contributed by atoms with Crippen molar-refractivity contribution in [2.75, 3.05) is 6.54 Å². The number of benzene rings is 2. The Morgan fingerprint density at radius 2 is 1.91 bits per heavy atom. The molecule has 0 spiro atoms. The first-order valence-electron chi connectivity index (χ1n) is 7.46. The molecule has 0 bridgehead atoms. The summed E-state index contributed by atoms with van der Waals surface area (Å²) in [7, 11) is 0. The van der Waals surface area contributed by atoms with E-state index in [1.165, 1.54) is 10.9 Å². The van der Waals surface area contributed by atoms with Gasteiger partial charge in [-0.15, -0.1) is 0 Å². The largest absolute Gasteiger partial charge is 0.353 e. The smallest absolute Gasteiger partial charge is 0.0606 e. The molecule has 0 radical (unpaired) electrons. The number of aryl methyl sites for hydroxylation is 1. The zero-order chi connectivity index (χ0) is 15.5. The van der Waals surface area contributed by atoms with E-state index < -0.39 is 0 Å². The molecule has 2 aromatic carbocycles. The highest BCUT2D eigenvalue weighted by atomic mass is 79.9. The average molecular weight is 378 g/mol. The second-order valence-corrected chi connectivity index (χ2v) is 6.69. The molecular formula is C18H18BrClN2. The van der Waals surface area contributed by atoms with E-state index in [2.05, 4.69) is 45.2 Å². The van der Waals surface area contributed by atoms with E-state index in [9.17, 15) is 0 Å². The van der Waals surface area contributed by atoms with Crippen LogP contribution in [0.4, 0.5) is 0 Å². The summed E-state index contributed by atoms with van der Waals surface area (Å²) in [5.74, 6) is 0. The standard InChI is InChI=1S/C18H18BrClN2/c19-16-9-4-8-15-14(7-1-2-10-21)17(22-18(15)16)12-5-3-6-13(20)11-12/h3-6,8-9,11,22H,1-2,7,10,21H2. The van der Waals surface area contributed by atoms with E-state index in [0.717, 1.165) is 52.1 Å². The van der Waals surface area contributed by atoms with Gasteiger partial charge < -0.3 is 10.7 Å². The quantitative estimate of drug-likeness (QED) is 0.564. The highest BCUT2D eigenvalue weighted by Crippen LogP contribution is 2.35. The fourth-order valence-corrected chi connectivity index (χ4v) is 3.49. The molecule has 3 aromatic rings. The van der Waals surface area contributed by atoms with E-state index in [0.29, 0.717) is 0 Å². The molecule has 114 valence electrons. The second kappa shape index (κ2) is 6.86. The zero-order valence-electron chi connectivity index (χ0n) is 12.2. The second-order valence-electron chi connectivity index (χ2n) is 5.40. The number of fused-ring (bicyclic) bond motifs is 1. The van der Waals surface area contributed by atoms with Crippen LogP contribution in [0, 0.1) is 0 Å². The van der Waals surface area contributed by atoms with Gasteiger partial charge in [-0.05, 0) is 71.1 Å². The van der Waals surface area contributed by atoms with Crippen molar-refractivity contribution in [3.8, 4) is 11.3 Å². The van der Waals surface area contributed by atoms with Crippen LogP contribution in [0.1, 0.15) is 18.4 Å². The predicted molar refractivity (Wildman–Crippen MR) is 98.4 cm³/mol. The number of nitrogens with one attached hydrogen (secondary N) is 1. The number of hydrogen-bond donors (Lipinski definition) is 2. The molecule has 0 unspecified atom stereocenters. The Kier molecular flexibility index (Phi) is 4.87. The van der Waals surface area contributed by atoms with Gasteiger partial charge in [-0.2, -0.15) is 0 Å². The van der Waals surface area contributed by atoms with E-state index in [1.54, 1.807) is 0 Å². The van der Waals surface area contributed by atoms with E-state index in [1.807, 2.05) is 18.2 Å². The summed E-state index contributed by atoms with van der Waals surface area (Å²) in [6.45, 7) is 0.735. The van der Waals surface area contributed by atoms with Crippen LogP contribution < -0.4 is 5.73 Å². The number of para-hydroxylation sites is 1. The minimum atomic E-state index is 0.735. The highest BCUT2D eigenvalue weighted by molar-refractivity contribution is 9.10. The third kappa shape index (κ3) is 3.07. The number of halogens is 2. The summed E-state index contributed by atoms with van der Waals surface area (Å²) in [5, 5.41) is 2.02. The molecule has 2 nitrogen and oxygen atoms in total. The third-order valence-electron chi connectivity index (χ3n) is 3.88. The first-order valence-corrected chi connectivity index (χ1v) is 8.63. The molecule has 0 aliphatic heterocycles. The van der Waals surface area contributed by atoms with Crippen LogP contribution in [0.2, 0.25) is 5.02 Å². The fraction of sp³-hybridized carbons (Fsp3) is 0.222. The Labute approximate surface area is 143 Å². The lowest BCUT2D eigenvalue weighted by atomic mass is 10.0. The molecular weight excluding hydrogens is 360 g/mol. The van der Waals surface area contributed by atoms with Crippen LogP contribution >= 0.6 is 27.5 Å². The number of nitrogens with two attached hydrogens (primary N) is 1.